The van der Waals surface area contributed by atoms with Gasteiger partial charge in [-0.25, -0.2) is 0 Å². The Morgan fingerprint density at radius 2 is 2.21 bits per heavy atom. The number of rotatable bonds is 2. The zero-order chi connectivity index (χ0) is 14.2. The molecule has 6 nitrogen and oxygen atoms in total. The molecule has 1 heterocycles. The molecule has 0 saturated heterocycles. The molecule has 100 valence electrons. The van der Waals surface area contributed by atoms with E-state index in [-0.39, 0.29) is 24.0 Å². The highest BCUT2D eigenvalue weighted by molar-refractivity contribution is 7.99. The third kappa shape index (κ3) is 2.33. The fourth-order valence-electron chi connectivity index (χ4n) is 2.10. The van der Waals surface area contributed by atoms with E-state index in [9.17, 15) is 19.7 Å². The minimum absolute atomic E-state index is 0.0399. The van der Waals surface area contributed by atoms with Crippen LogP contribution >= 0.6 is 11.8 Å². The number of non-ortho nitro benzene ring substituents is 1. The van der Waals surface area contributed by atoms with Crippen molar-refractivity contribution in [2.45, 2.75) is 18.7 Å². The average molecular weight is 280 g/mol. The van der Waals surface area contributed by atoms with Crippen molar-refractivity contribution in [1.29, 1.82) is 0 Å². The summed E-state index contributed by atoms with van der Waals surface area (Å²) < 4.78 is 0. The molecule has 1 aromatic carbocycles. The van der Waals surface area contributed by atoms with Gasteiger partial charge in [0.05, 0.1) is 11.5 Å². The van der Waals surface area contributed by atoms with Gasteiger partial charge in [0, 0.05) is 19.1 Å². The van der Waals surface area contributed by atoms with Gasteiger partial charge in [-0.2, -0.15) is 0 Å². The monoisotopic (exact) mass is 280 g/mol. The van der Waals surface area contributed by atoms with Crippen LogP contribution in [-0.4, -0.2) is 27.9 Å². The number of thioether (sulfide) groups is 1. The number of amides is 2. The summed E-state index contributed by atoms with van der Waals surface area (Å²) in [5, 5.41) is 10.2. The lowest BCUT2D eigenvalue weighted by atomic mass is 9.98. The highest BCUT2D eigenvalue weighted by Gasteiger charge is 2.35. The van der Waals surface area contributed by atoms with Crippen LogP contribution in [0.4, 0.5) is 5.69 Å². The molecule has 0 bridgehead atoms. The molecule has 0 radical (unpaired) electrons. The summed E-state index contributed by atoms with van der Waals surface area (Å²) in [6.45, 7) is 1.52. The topological polar surface area (TPSA) is 80.5 Å². The van der Waals surface area contributed by atoms with Gasteiger partial charge in [0.1, 0.15) is 5.25 Å². The molecule has 0 N–H and O–H groups in total. The average Bonchev–Trinajstić information content (AvgIpc) is 2.37. The molecule has 7 heteroatoms. The first-order valence-electron chi connectivity index (χ1n) is 5.57. The summed E-state index contributed by atoms with van der Waals surface area (Å²) in [7, 11) is 0. The van der Waals surface area contributed by atoms with Crippen molar-refractivity contribution in [3.63, 3.8) is 0 Å². The van der Waals surface area contributed by atoms with Gasteiger partial charge in [-0.05, 0) is 17.4 Å². The summed E-state index contributed by atoms with van der Waals surface area (Å²) in [5.74, 6) is -0.624. The lowest BCUT2D eigenvalue weighted by Crippen LogP contribution is -2.41. The van der Waals surface area contributed by atoms with E-state index < -0.39 is 10.2 Å². The molecule has 0 saturated carbocycles. The zero-order valence-corrected chi connectivity index (χ0v) is 11.3. The van der Waals surface area contributed by atoms with Crippen LogP contribution in [0, 0.1) is 10.1 Å². The lowest BCUT2D eigenvalue weighted by molar-refractivity contribution is -0.384. The smallest absolute Gasteiger partial charge is 0.269 e. The van der Waals surface area contributed by atoms with Crippen LogP contribution in [0.1, 0.15) is 23.3 Å². The molecule has 1 aromatic rings. The highest BCUT2D eigenvalue weighted by Crippen LogP contribution is 2.37. The van der Waals surface area contributed by atoms with E-state index in [0.717, 1.165) is 5.56 Å². The minimum Gasteiger partial charge on any atom is -0.277 e. The number of hydrogen-bond donors (Lipinski definition) is 0. The number of nitrogens with zero attached hydrogens (tertiary/aromatic N) is 2. The molecule has 0 fully saturated rings. The minimum atomic E-state index is -0.562. The van der Waals surface area contributed by atoms with Gasteiger partial charge in [-0.1, -0.05) is 6.07 Å². The zero-order valence-electron chi connectivity index (χ0n) is 10.5. The number of hydrogen-bond acceptors (Lipinski definition) is 5. The Labute approximate surface area is 113 Å². The van der Waals surface area contributed by atoms with E-state index in [4.69, 9.17) is 0 Å². The number of carbonyl (C=O) groups is 2. The molecule has 0 spiro atoms. The number of carbonyl (C=O) groups excluding carboxylic acids is 2. The van der Waals surface area contributed by atoms with Gasteiger partial charge in [0.15, 0.2) is 0 Å². The molecule has 1 aliphatic heterocycles. The van der Waals surface area contributed by atoms with Crippen LogP contribution in [0.2, 0.25) is 0 Å². The van der Waals surface area contributed by atoms with E-state index in [2.05, 4.69) is 0 Å². The molecular formula is C12H12N2O4S. The highest BCUT2D eigenvalue weighted by atomic mass is 32.2. The van der Waals surface area contributed by atoms with Crippen molar-refractivity contribution in [2.24, 2.45) is 0 Å². The predicted octanol–water partition coefficient (Wildman–Crippen LogP) is 1.89. The summed E-state index contributed by atoms with van der Waals surface area (Å²) in [6, 6.07) is 4.43. The van der Waals surface area contributed by atoms with E-state index in [1.54, 1.807) is 12.3 Å². The van der Waals surface area contributed by atoms with Gasteiger partial charge in [0.25, 0.3) is 5.69 Å². The number of imide groups is 1. The standard InChI is InChI=1S/C12H12N2O4S/c1-7(15)13-6-8-3-4-9(14(17)18)5-10(8)11(19-2)12(13)16/h3-5,11H,6H2,1-2H3. The van der Waals surface area contributed by atoms with Gasteiger partial charge in [-0.15, -0.1) is 11.8 Å². The van der Waals surface area contributed by atoms with Gasteiger partial charge >= 0.3 is 0 Å². The molecular weight excluding hydrogens is 268 g/mol. The number of nitro benzene ring substituents is 1. The SMILES string of the molecule is CSC1C(=O)N(C(C)=O)Cc2ccc([N+](=O)[O-])cc21. The van der Waals surface area contributed by atoms with Gasteiger partial charge in [-0.3, -0.25) is 24.6 Å². The van der Waals surface area contributed by atoms with Gasteiger partial charge < -0.3 is 0 Å². The first kappa shape index (κ1) is 13.5. The molecule has 19 heavy (non-hydrogen) atoms. The molecule has 1 unspecified atom stereocenters. The number of fused-ring (bicyclic) bond motifs is 1. The van der Waals surface area contributed by atoms with Crippen LogP contribution < -0.4 is 0 Å². The Hall–Kier alpha value is -1.89. The maximum atomic E-state index is 12.2. The van der Waals surface area contributed by atoms with Crippen molar-refractivity contribution in [2.75, 3.05) is 6.26 Å². The second-order valence-corrected chi connectivity index (χ2v) is 5.14. The largest absolute Gasteiger partial charge is 0.277 e. The molecule has 2 amide bonds. The predicted molar refractivity (Wildman–Crippen MR) is 70.6 cm³/mol. The maximum absolute atomic E-state index is 12.2. The molecule has 1 atom stereocenters. The Kier molecular flexibility index (Phi) is 3.57. The lowest BCUT2D eigenvalue weighted by Gasteiger charge is -2.31. The molecule has 0 aliphatic carbocycles. The molecule has 1 aliphatic rings. The number of benzene rings is 1. The van der Waals surface area contributed by atoms with Gasteiger partial charge in [0.2, 0.25) is 11.8 Å². The normalized spacial score (nSPS) is 18.1. The van der Waals surface area contributed by atoms with E-state index in [1.807, 2.05) is 0 Å². The summed E-state index contributed by atoms with van der Waals surface area (Å²) in [4.78, 5) is 35.1. The first-order valence-corrected chi connectivity index (χ1v) is 6.86. The summed E-state index contributed by atoms with van der Waals surface area (Å²) >= 11 is 1.27. The quantitative estimate of drug-likeness (QED) is 0.610. The third-order valence-corrected chi connectivity index (χ3v) is 3.98. The first-order chi connectivity index (χ1) is 8.95. The van der Waals surface area contributed by atoms with Crippen LogP contribution in [0.3, 0.4) is 0 Å². The Balaban J connectivity index is 2.52. The fourth-order valence-corrected chi connectivity index (χ4v) is 2.90. The second kappa shape index (κ2) is 5.00. The number of nitro groups is 1. The third-order valence-electron chi connectivity index (χ3n) is 3.06. The van der Waals surface area contributed by atoms with E-state index >= 15 is 0 Å². The van der Waals surface area contributed by atoms with Crippen molar-refractivity contribution >= 4 is 29.3 Å². The Bertz CT molecular complexity index is 573. The van der Waals surface area contributed by atoms with Crippen molar-refractivity contribution in [3.05, 3.63) is 39.4 Å². The van der Waals surface area contributed by atoms with Crippen LogP contribution in [-0.2, 0) is 16.1 Å². The second-order valence-electron chi connectivity index (χ2n) is 4.20. The summed E-state index contributed by atoms with van der Waals surface area (Å²) in [5.41, 5.74) is 1.37. The van der Waals surface area contributed by atoms with Crippen molar-refractivity contribution < 1.29 is 14.5 Å². The van der Waals surface area contributed by atoms with E-state index in [0.29, 0.717) is 5.56 Å². The van der Waals surface area contributed by atoms with Crippen LogP contribution in [0.15, 0.2) is 18.2 Å². The van der Waals surface area contributed by atoms with E-state index in [1.165, 1.54) is 35.7 Å². The van der Waals surface area contributed by atoms with Crippen LogP contribution in [0.25, 0.3) is 0 Å². The van der Waals surface area contributed by atoms with Crippen LogP contribution in [0.5, 0.6) is 0 Å². The molecule has 0 aromatic heterocycles. The Morgan fingerprint density at radius 3 is 2.74 bits per heavy atom. The maximum Gasteiger partial charge on any atom is 0.269 e. The van der Waals surface area contributed by atoms with Crippen molar-refractivity contribution in [1.82, 2.24) is 4.90 Å². The fraction of sp³-hybridized carbons (Fsp3) is 0.333. The van der Waals surface area contributed by atoms with Crippen molar-refractivity contribution in [3.8, 4) is 0 Å². The molecule has 2 rings (SSSR count). The Morgan fingerprint density at radius 1 is 1.53 bits per heavy atom. The summed E-state index contributed by atoms with van der Waals surface area (Å²) in [6.07, 6.45) is 1.74.